The molecule has 0 aliphatic rings. The van der Waals surface area contributed by atoms with Gasteiger partial charge in [0, 0.05) is 13.5 Å². The SMILES string of the molecule is CCCc1nc(CCOC)sc1C(=O)NN. The van der Waals surface area contributed by atoms with Crippen LogP contribution in [-0.4, -0.2) is 24.6 Å². The van der Waals surface area contributed by atoms with E-state index < -0.39 is 0 Å². The number of nitrogens with one attached hydrogen (secondary N) is 1. The Hall–Kier alpha value is -0.980. The topological polar surface area (TPSA) is 77.2 Å². The number of aromatic nitrogens is 1. The third-order valence-corrected chi connectivity index (χ3v) is 3.24. The van der Waals surface area contributed by atoms with Crippen LogP contribution in [0.5, 0.6) is 0 Å². The first-order chi connectivity index (χ1) is 7.72. The fourth-order valence-corrected chi connectivity index (χ4v) is 2.34. The van der Waals surface area contributed by atoms with Gasteiger partial charge in [0.2, 0.25) is 0 Å². The average molecular weight is 243 g/mol. The maximum absolute atomic E-state index is 11.5. The molecule has 5 nitrogen and oxygen atoms in total. The Bertz CT molecular complexity index is 352. The highest BCUT2D eigenvalue weighted by Crippen LogP contribution is 2.20. The summed E-state index contributed by atoms with van der Waals surface area (Å²) in [4.78, 5) is 16.5. The molecule has 1 rings (SSSR count). The van der Waals surface area contributed by atoms with Crippen LogP contribution in [0.4, 0.5) is 0 Å². The van der Waals surface area contributed by atoms with Gasteiger partial charge in [0.25, 0.3) is 5.91 Å². The van der Waals surface area contributed by atoms with Crippen molar-refractivity contribution in [3.8, 4) is 0 Å². The van der Waals surface area contributed by atoms with Crippen molar-refractivity contribution in [2.75, 3.05) is 13.7 Å². The zero-order valence-corrected chi connectivity index (χ0v) is 10.4. The molecule has 1 heterocycles. The first kappa shape index (κ1) is 13.1. The van der Waals surface area contributed by atoms with Crippen molar-refractivity contribution in [3.63, 3.8) is 0 Å². The summed E-state index contributed by atoms with van der Waals surface area (Å²) in [5.41, 5.74) is 2.98. The molecule has 16 heavy (non-hydrogen) atoms. The Labute approximate surface area is 99.0 Å². The number of carbonyl (C=O) groups excluding carboxylic acids is 1. The van der Waals surface area contributed by atoms with E-state index >= 15 is 0 Å². The second kappa shape index (κ2) is 6.57. The number of thiazole rings is 1. The lowest BCUT2D eigenvalue weighted by Crippen LogP contribution is -2.30. The van der Waals surface area contributed by atoms with E-state index in [4.69, 9.17) is 10.6 Å². The second-order valence-electron chi connectivity index (χ2n) is 3.35. The first-order valence-electron chi connectivity index (χ1n) is 5.21. The van der Waals surface area contributed by atoms with Crippen molar-refractivity contribution in [2.24, 2.45) is 5.84 Å². The van der Waals surface area contributed by atoms with Crippen molar-refractivity contribution in [3.05, 3.63) is 15.6 Å². The Kier molecular flexibility index (Phi) is 5.37. The summed E-state index contributed by atoms with van der Waals surface area (Å²) in [6, 6.07) is 0. The number of hydrazine groups is 1. The molecule has 0 aliphatic carbocycles. The Morgan fingerprint density at radius 3 is 2.88 bits per heavy atom. The molecule has 1 aromatic rings. The van der Waals surface area contributed by atoms with Gasteiger partial charge in [-0.2, -0.15) is 0 Å². The van der Waals surface area contributed by atoms with Gasteiger partial charge in [-0.3, -0.25) is 10.2 Å². The highest BCUT2D eigenvalue weighted by molar-refractivity contribution is 7.13. The zero-order valence-electron chi connectivity index (χ0n) is 9.58. The highest BCUT2D eigenvalue weighted by atomic mass is 32.1. The minimum absolute atomic E-state index is 0.260. The van der Waals surface area contributed by atoms with E-state index in [1.54, 1.807) is 7.11 Å². The van der Waals surface area contributed by atoms with Crippen molar-refractivity contribution in [2.45, 2.75) is 26.2 Å². The third-order valence-electron chi connectivity index (χ3n) is 2.09. The van der Waals surface area contributed by atoms with Crippen molar-refractivity contribution in [1.82, 2.24) is 10.4 Å². The van der Waals surface area contributed by atoms with Crippen LogP contribution < -0.4 is 11.3 Å². The fourth-order valence-electron chi connectivity index (χ4n) is 1.35. The van der Waals surface area contributed by atoms with Crippen LogP contribution in [0, 0.1) is 0 Å². The molecule has 1 aromatic heterocycles. The molecule has 0 atom stereocenters. The van der Waals surface area contributed by atoms with Crippen LogP contribution in [0.25, 0.3) is 0 Å². The lowest BCUT2D eigenvalue weighted by Gasteiger charge is -1.97. The Morgan fingerprint density at radius 2 is 2.31 bits per heavy atom. The lowest BCUT2D eigenvalue weighted by molar-refractivity contribution is 0.0956. The van der Waals surface area contributed by atoms with Gasteiger partial charge in [-0.25, -0.2) is 10.8 Å². The molecule has 1 amide bonds. The quantitative estimate of drug-likeness (QED) is 0.442. The van der Waals surface area contributed by atoms with Gasteiger partial charge in [-0.1, -0.05) is 13.3 Å². The van der Waals surface area contributed by atoms with Crippen LogP contribution in [0.15, 0.2) is 0 Å². The van der Waals surface area contributed by atoms with E-state index in [9.17, 15) is 4.79 Å². The lowest BCUT2D eigenvalue weighted by atomic mass is 10.2. The number of ether oxygens (including phenoxy) is 1. The number of hydrogen-bond donors (Lipinski definition) is 2. The van der Waals surface area contributed by atoms with E-state index in [0.29, 0.717) is 11.5 Å². The number of hydrogen-bond acceptors (Lipinski definition) is 5. The molecule has 0 saturated heterocycles. The number of rotatable bonds is 6. The third kappa shape index (κ3) is 3.26. The van der Waals surface area contributed by atoms with E-state index in [0.717, 1.165) is 30.0 Å². The van der Waals surface area contributed by atoms with Gasteiger partial charge < -0.3 is 4.74 Å². The number of carbonyl (C=O) groups is 1. The first-order valence-corrected chi connectivity index (χ1v) is 6.03. The maximum atomic E-state index is 11.5. The largest absolute Gasteiger partial charge is 0.384 e. The number of amides is 1. The molecular weight excluding hydrogens is 226 g/mol. The Balaban J connectivity index is 2.86. The summed E-state index contributed by atoms with van der Waals surface area (Å²) in [6.07, 6.45) is 2.49. The number of aryl methyl sites for hydroxylation is 1. The second-order valence-corrected chi connectivity index (χ2v) is 4.43. The number of methoxy groups -OCH3 is 1. The van der Waals surface area contributed by atoms with E-state index in [-0.39, 0.29) is 5.91 Å². The molecule has 0 unspecified atom stereocenters. The van der Waals surface area contributed by atoms with Crippen LogP contribution in [-0.2, 0) is 17.6 Å². The van der Waals surface area contributed by atoms with Gasteiger partial charge in [0.15, 0.2) is 0 Å². The molecule has 0 bridgehead atoms. The molecule has 90 valence electrons. The molecule has 0 aliphatic heterocycles. The van der Waals surface area contributed by atoms with Crippen LogP contribution in [0.1, 0.15) is 33.7 Å². The fraction of sp³-hybridized carbons (Fsp3) is 0.600. The highest BCUT2D eigenvalue weighted by Gasteiger charge is 2.16. The molecule has 0 saturated carbocycles. The van der Waals surface area contributed by atoms with Crippen LogP contribution in [0.2, 0.25) is 0 Å². The number of nitrogen functional groups attached to an aromatic ring is 1. The molecule has 0 fully saturated rings. The number of nitrogens with zero attached hydrogens (tertiary/aromatic N) is 1. The van der Waals surface area contributed by atoms with E-state index in [1.165, 1.54) is 11.3 Å². The predicted octanol–water partition coefficient (Wildman–Crippen LogP) is 0.888. The standard InChI is InChI=1S/C10H17N3O2S/c1-3-4-7-9(10(14)13-11)16-8(12-7)5-6-15-2/h3-6,11H2,1-2H3,(H,13,14). The molecule has 0 spiro atoms. The molecule has 0 radical (unpaired) electrons. The van der Waals surface area contributed by atoms with Gasteiger partial charge in [0.05, 0.1) is 17.3 Å². The number of nitrogens with two attached hydrogens (primary N) is 1. The van der Waals surface area contributed by atoms with Gasteiger partial charge >= 0.3 is 0 Å². The van der Waals surface area contributed by atoms with E-state index in [1.807, 2.05) is 0 Å². The van der Waals surface area contributed by atoms with Crippen molar-refractivity contribution < 1.29 is 9.53 Å². The van der Waals surface area contributed by atoms with Crippen molar-refractivity contribution in [1.29, 1.82) is 0 Å². The zero-order chi connectivity index (χ0) is 12.0. The Morgan fingerprint density at radius 1 is 1.56 bits per heavy atom. The summed E-state index contributed by atoms with van der Waals surface area (Å²) in [5, 5.41) is 0.920. The predicted molar refractivity (Wildman–Crippen MR) is 63.3 cm³/mol. The molecule has 6 heteroatoms. The summed E-state index contributed by atoms with van der Waals surface area (Å²) in [6.45, 7) is 2.67. The van der Waals surface area contributed by atoms with Crippen LogP contribution >= 0.6 is 11.3 Å². The monoisotopic (exact) mass is 243 g/mol. The smallest absolute Gasteiger partial charge is 0.277 e. The van der Waals surface area contributed by atoms with Crippen molar-refractivity contribution >= 4 is 17.2 Å². The normalized spacial score (nSPS) is 10.4. The summed E-state index contributed by atoms with van der Waals surface area (Å²) < 4.78 is 4.98. The van der Waals surface area contributed by atoms with Gasteiger partial charge in [0.1, 0.15) is 4.88 Å². The summed E-state index contributed by atoms with van der Waals surface area (Å²) in [5.74, 6) is 4.87. The van der Waals surface area contributed by atoms with E-state index in [2.05, 4.69) is 17.3 Å². The minimum Gasteiger partial charge on any atom is -0.384 e. The maximum Gasteiger partial charge on any atom is 0.277 e. The molecule has 0 aromatic carbocycles. The van der Waals surface area contributed by atoms with Gasteiger partial charge in [-0.05, 0) is 6.42 Å². The summed E-state index contributed by atoms with van der Waals surface area (Å²) >= 11 is 1.39. The van der Waals surface area contributed by atoms with Crippen LogP contribution in [0.3, 0.4) is 0 Å². The summed E-state index contributed by atoms with van der Waals surface area (Å²) in [7, 11) is 1.65. The molecular formula is C10H17N3O2S. The molecule has 3 N–H and O–H groups in total. The van der Waals surface area contributed by atoms with Gasteiger partial charge in [-0.15, -0.1) is 11.3 Å². The average Bonchev–Trinajstić information content (AvgIpc) is 2.69. The minimum atomic E-state index is -0.260.